The van der Waals surface area contributed by atoms with Crippen LogP contribution in [0.1, 0.15) is 32.7 Å². The summed E-state index contributed by atoms with van der Waals surface area (Å²) in [5.41, 5.74) is 3.26. The molecule has 36 heavy (non-hydrogen) atoms. The lowest BCUT2D eigenvalue weighted by Gasteiger charge is -2.16. The maximum Gasteiger partial charge on any atom is 0.259 e. The second-order valence-electron chi connectivity index (χ2n) is 8.27. The number of imide groups is 1. The Hall–Kier alpha value is -4.77. The molecular weight excluding hydrogens is 486 g/mol. The van der Waals surface area contributed by atoms with Crippen molar-refractivity contribution in [2.24, 2.45) is 0 Å². The van der Waals surface area contributed by atoms with Gasteiger partial charge in [-0.2, -0.15) is 0 Å². The lowest BCUT2D eigenvalue weighted by Crippen LogP contribution is -2.20. The molecule has 0 saturated heterocycles. The van der Waals surface area contributed by atoms with Crippen LogP contribution in [0.15, 0.2) is 42.5 Å². The average molecular weight is 502 g/mol. The number of aromatic amines is 2. The number of rotatable bonds is 5. The molecule has 5 N–H and O–H groups in total. The summed E-state index contributed by atoms with van der Waals surface area (Å²) in [6.07, 6.45) is 0.209. The predicted molar refractivity (Wildman–Crippen MR) is 131 cm³/mol. The van der Waals surface area contributed by atoms with E-state index in [9.17, 15) is 19.5 Å². The summed E-state index contributed by atoms with van der Waals surface area (Å²) >= 11 is 6.56. The van der Waals surface area contributed by atoms with E-state index in [0.29, 0.717) is 43.5 Å². The number of nitrogens with one attached hydrogen (secondary N) is 4. The molecule has 0 atom stereocenters. The summed E-state index contributed by atoms with van der Waals surface area (Å²) in [7, 11) is 0. The van der Waals surface area contributed by atoms with Crippen molar-refractivity contribution in [1.29, 1.82) is 0 Å². The Morgan fingerprint density at radius 3 is 2.64 bits per heavy atom. The lowest BCUT2D eigenvalue weighted by molar-refractivity contribution is -0.116. The number of tetrazole rings is 1. The van der Waals surface area contributed by atoms with Crippen LogP contribution >= 0.6 is 11.6 Å². The van der Waals surface area contributed by atoms with Gasteiger partial charge in [-0.05, 0) is 46.7 Å². The number of benzene rings is 3. The van der Waals surface area contributed by atoms with E-state index in [0.717, 1.165) is 0 Å². The molecule has 0 radical (unpaired) electrons. The van der Waals surface area contributed by atoms with Gasteiger partial charge in [0.05, 0.1) is 16.6 Å². The minimum absolute atomic E-state index is 0.0126. The highest BCUT2D eigenvalue weighted by molar-refractivity contribution is 6.36. The largest absolute Gasteiger partial charge is 0.508 e. The van der Waals surface area contributed by atoms with E-state index in [-0.39, 0.29) is 41.6 Å². The summed E-state index contributed by atoms with van der Waals surface area (Å²) in [6.45, 7) is 0. The van der Waals surface area contributed by atoms with Gasteiger partial charge < -0.3 is 10.1 Å². The summed E-state index contributed by atoms with van der Waals surface area (Å²) in [5.74, 6) is -1.34. The zero-order valence-corrected chi connectivity index (χ0v) is 19.1. The molecule has 12 heteroatoms. The molecular formula is C24H16ClN7O4. The zero-order valence-electron chi connectivity index (χ0n) is 18.3. The Morgan fingerprint density at radius 1 is 1.06 bits per heavy atom. The molecule has 6 rings (SSSR count). The SMILES string of the molecule is O=C(CCc1c(-c2ccccc2Cl)c2c(c3c1[nH]c1ccc(O)cc13)C(=O)NC2=O)Nc1nnn[nH]1. The Morgan fingerprint density at radius 2 is 1.86 bits per heavy atom. The number of phenols is 1. The van der Waals surface area contributed by atoms with Crippen LogP contribution < -0.4 is 10.6 Å². The minimum Gasteiger partial charge on any atom is -0.508 e. The topological polar surface area (TPSA) is 166 Å². The van der Waals surface area contributed by atoms with Crippen molar-refractivity contribution in [2.45, 2.75) is 12.8 Å². The Kier molecular flexibility index (Phi) is 4.93. The van der Waals surface area contributed by atoms with E-state index in [1.807, 2.05) is 0 Å². The van der Waals surface area contributed by atoms with Crippen LogP contribution in [-0.4, -0.2) is 48.4 Å². The first kappa shape index (κ1) is 21.7. The number of phenolic OH excluding ortho intramolecular Hbond substituents is 1. The van der Waals surface area contributed by atoms with Crippen molar-refractivity contribution in [3.05, 3.63) is 64.2 Å². The number of aryl methyl sites for hydroxylation is 1. The molecule has 5 aromatic rings. The number of nitrogens with zero attached hydrogens (tertiary/aromatic N) is 3. The first-order chi connectivity index (χ1) is 17.4. The van der Waals surface area contributed by atoms with Crippen LogP contribution in [0.3, 0.4) is 0 Å². The van der Waals surface area contributed by atoms with E-state index in [1.165, 1.54) is 12.1 Å². The van der Waals surface area contributed by atoms with Gasteiger partial charge in [0.2, 0.25) is 11.9 Å². The summed E-state index contributed by atoms with van der Waals surface area (Å²) in [4.78, 5) is 42.1. The van der Waals surface area contributed by atoms with Crippen LogP contribution in [0.2, 0.25) is 5.02 Å². The van der Waals surface area contributed by atoms with Gasteiger partial charge in [0.15, 0.2) is 0 Å². The first-order valence-electron chi connectivity index (χ1n) is 10.9. The van der Waals surface area contributed by atoms with Gasteiger partial charge in [-0.15, -0.1) is 0 Å². The standard InChI is InChI=1S/C24H16ClN7O4/c25-14-4-2-1-3-11(14)17-12(6-8-16(34)27-24-29-31-32-30-24)21-18(20-19(17)22(35)28-23(20)36)13-9-10(33)5-7-15(13)26-21/h1-5,7,9,26,33H,6,8H2,(H,28,35,36)(H2,27,29,30,31,32,34). The molecule has 1 aliphatic heterocycles. The van der Waals surface area contributed by atoms with Crippen molar-refractivity contribution in [2.75, 3.05) is 5.32 Å². The number of carbonyl (C=O) groups is 3. The molecule has 2 aromatic heterocycles. The second-order valence-corrected chi connectivity index (χ2v) is 8.68. The summed E-state index contributed by atoms with van der Waals surface area (Å²) < 4.78 is 0. The number of hydrogen-bond acceptors (Lipinski definition) is 7. The summed E-state index contributed by atoms with van der Waals surface area (Å²) in [6, 6.07) is 11.7. The van der Waals surface area contributed by atoms with Crippen LogP contribution in [0, 0.1) is 0 Å². The predicted octanol–water partition coefficient (Wildman–Crippen LogP) is 3.32. The molecule has 0 saturated carbocycles. The van der Waals surface area contributed by atoms with E-state index in [2.05, 4.69) is 36.2 Å². The van der Waals surface area contributed by atoms with Gasteiger partial charge in [-0.3, -0.25) is 25.0 Å². The molecule has 0 bridgehead atoms. The van der Waals surface area contributed by atoms with Crippen molar-refractivity contribution < 1.29 is 19.5 Å². The third-order valence-electron chi connectivity index (χ3n) is 6.17. The number of H-pyrrole nitrogens is 2. The van der Waals surface area contributed by atoms with Gasteiger partial charge in [0.25, 0.3) is 11.8 Å². The Bertz CT molecular complexity index is 1730. The maximum absolute atomic E-state index is 13.1. The highest BCUT2D eigenvalue weighted by Gasteiger charge is 2.36. The lowest BCUT2D eigenvalue weighted by atomic mass is 9.86. The quantitative estimate of drug-likeness (QED) is 0.230. The van der Waals surface area contributed by atoms with E-state index in [1.54, 1.807) is 30.3 Å². The van der Waals surface area contributed by atoms with E-state index in [4.69, 9.17) is 11.6 Å². The zero-order chi connectivity index (χ0) is 25.0. The summed E-state index contributed by atoms with van der Waals surface area (Å²) in [5, 5.41) is 29.6. The molecule has 3 amide bonds. The molecule has 11 nitrogen and oxygen atoms in total. The van der Waals surface area contributed by atoms with Gasteiger partial charge in [0, 0.05) is 38.9 Å². The number of aromatic nitrogens is 5. The fourth-order valence-corrected chi connectivity index (χ4v) is 4.96. The second kappa shape index (κ2) is 8.17. The van der Waals surface area contributed by atoms with E-state index >= 15 is 0 Å². The van der Waals surface area contributed by atoms with Gasteiger partial charge >= 0.3 is 0 Å². The van der Waals surface area contributed by atoms with Gasteiger partial charge in [-0.1, -0.05) is 34.9 Å². The third kappa shape index (κ3) is 3.36. The van der Waals surface area contributed by atoms with Crippen molar-refractivity contribution in [1.82, 2.24) is 30.9 Å². The van der Waals surface area contributed by atoms with Gasteiger partial charge in [-0.25, -0.2) is 5.10 Å². The molecule has 0 fully saturated rings. The molecule has 178 valence electrons. The number of aromatic hydroxyl groups is 1. The van der Waals surface area contributed by atoms with Crippen LogP contribution in [0.4, 0.5) is 5.95 Å². The number of amides is 3. The number of hydrogen-bond donors (Lipinski definition) is 5. The highest BCUT2D eigenvalue weighted by atomic mass is 35.5. The van der Waals surface area contributed by atoms with Crippen LogP contribution in [0.5, 0.6) is 5.75 Å². The molecule has 3 aromatic carbocycles. The van der Waals surface area contributed by atoms with Crippen molar-refractivity contribution in [3.8, 4) is 16.9 Å². The highest BCUT2D eigenvalue weighted by Crippen LogP contribution is 2.44. The average Bonchev–Trinajstić information content (AvgIpc) is 3.56. The molecule has 3 heterocycles. The van der Waals surface area contributed by atoms with Crippen molar-refractivity contribution in [3.63, 3.8) is 0 Å². The minimum atomic E-state index is -0.556. The molecule has 1 aliphatic rings. The molecule has 0 unspecified atom stereocenters. The maximum atomic E-state index is 13.1. The fraction of sp³-hybridized carbons (Fsp3) is 0.0833. The number of fused-ring (bicyclic) bond motifs is 5. The molecule has 0 aliphatic carbocycles. The number of carbonyl (C=O) groups excluding carboxylic acids is 3. The first-order valence-corrected chi connectivity index (χ1v) is 11.3. The van der Waals surface area contributed by atoms with Gasteiger partial charge in [0.1, 0.15) is 5.75 Å². The molecule has 0 spiro atoms. The Balaban J connectivity index is 1.63. The normalized spacial score (nSPS) is 12.8. The van der Waals surface area contributed by atoms with E-state index < -0.39 is 11.8 Å². The monoisotopic (exact) mass is 501 g/mol. The Labute approximate surface area is 206 Å². The van der Waals surface area contributed by atoms with Crippen LogP contribution in [0.25, 0.3) is 32.9 Å². The third-order valence-corrected chi connectivity index (χ3v) is 6.49. The smallest absolute Gasteiger partial charge is 0.259 e. The van der Waals surface area contributed by atoms with Crippen molar-refractivity contribution >= 4 is 57.1 Å². The fourth-order valence-electron chi connectivity index (χ4n) is 4.73. The number of anilines is 1. The van der Waals surface area contributed by atoms with Crippen LogP contribution in [-0.2, 0) is 11.2 Å². The number of halogens is 1.